The van der Waals surface area contributed by atoms with Crippen molar-refractivity contribution in [3.05, 3.63) is 12.4 Å². The average Bonchev–Trinajstić information content (AvgIpc) is 3.02. The molecule has 2 aromatic heterocycles. The van der Waals surface area contributed by atoms with Crippen molar-refractivity contribution in [1.82, 2.24) is 19.5 Å². The summed E-state index contributed by atoms with van der Waals surface area (Å²) >= 11 is 0. The monoisotopic (exact) mass is 307 g/mol. The fraction of sp³-hybridized carbons (Fsp3) is 0.462. The van der Waals surface area contributed by atoms with Crippen LogP contribution in [0.15, 0.2) is 6.33 Å². The highest BCUT2D eigenvalue weighted by Gasteiger charge is 2.47. The van der Waals surface area contributed by atoms with Crippen molar-refractivity contribution < 1.29 is 19.3 Å². The van der Waals surface area contributed by atoms with Crippen LogP contribution in [0.2, 0.25) is 0 Å². The minimum Gasteiger partial charge on any atom is -0.396 e. The Hall–Kier alpha value is -2.28. The summed E-state index contributed by atoms with van der Waals surface area (Å²) in [6.45, 7) is -0.234. The van der Waals surface area contributed by atoms with Gasteiger partial charge in [-0.2, -0.15) is 14.4 Å². The molecule has 0 aliphatic carbocycles. The number of ether oxygens (including phenoxy) is 1. The molecule has 0 unspecified atom stereocenters. The number of nitrogen functional groups attached to an aromatic ring is 1. The quantitative estimate of drug-likeness (QED) is 0.520. The zero-order valence-electron chi connectivity index (χ0n) is 11.5. The highest BCUT2D eigenvalue weighted by molar-refractivity contribution is 5.81. The molecule has 3 rings (SSSR count). The molecule has 1 fully saturated rings. The zero-order chi connectivity index (χ0) is 15.9. The smallest absolute Gasteiger partial charge is 0.312 e. The molecule has 116 valence electrons. The third-order valence-electron chi connectivity index (χ3n) is 3.77. The van der Waals surface area contributed by atoms with Crippen LogP contribution >= 0.6 is 0 Å². The first kappa shape index (κ1) is 14.6. The van der Waals surface area contributed by atoms with Crippen LogP contribution in [-0.2, 0) is 4.74 Å². The second-order valence-corrected chi connectivity index (χ2v) is 5.03. The molecule has 1 saturated heterocycles. The Labute approximate surface area is 124 Å². The molecule has 1 aliphatic rings. The van der Waals surface area contributed by atoms with Gasteiger partial charge in [-0.1, -0.05) is 5.92 Å². The maximum Gasteiger partial charge on any atom is 0.312 e. The highest BCUT2D eigenvalue weighted by Crippen LogP contribution is 2.39. The predicted molar refractivity (Wildman–Crippen MR) is 73.7 cm³/mol. The van der Waals surface area contributed by atoms with E-state index in [-0.39, 0.29) is 36.4 Å². The molecule has 9 heteroatoms. The third-order valence-corrected chi connectivity index (χ3v) is 3.77. The van der Waals surface area contributed by atoms with E-state index in [2.05, 4.69) is 20.9 Å². The molecule has 22 heavy (non-hydrogen) atoms. The second-order valence-electron chi connectivity index (χ2n) is 5.03. The van der Waals surface area contributed by atoms with E-state index in [9.17, 15) is 9.50 Å². The normalized spacial score (nSPS) is 28.1. The van der Waals surface area contributed by atoms with E-state index in [1.54, 1.807) is 0 Å². The molecule has 2 aromatic rings. The number of terminal acetylenes is 1. The summed E-state index contributed by atoms with van der Waals surface area (Å²) in [4.78, 5) is 11.1. The molecule has 8 nitrogen and oxygen atoms in total. The van der Waals surface area contributed by atoms with Gasteiger partial charge in [0, 0.05) is 19.4 Å². The number of aliphatic hydroxyl groups is 2. The molecule has 4 N–H and O–H groups in total. The van der Waals surface area contributed by atoms with E-state index in [0.29, 0.717) is 0 Å². The van der Waals surface area contributed by atoms with Crippen LogP contribution in [-0.4, -0.2) is 48.0 Å². The Morgan fingerprint density at radius 3 is 3.05 bits per heavy atom. The van der Waals surface area contributed by atoms with Crippen LogP contribution in [0.1, 0.15) is 19.1 Å². The molecular formula is C13H14FN5O3. The lowest BCUT2D eigenvalue weighted by molar-refractivity contribution is -0.0736. The molecule has 3 atom stereocenters. The van der Waals surface area contributed by atoms with E-state index < -0.39 is 24.0 Å². The Morgan fingerprint density at radius 2 is 2.36 bits per heavy atom. The minimum atomic E-state index is -1.30. The Kier molecular flexibility index (Phi) is 3.44. The van der Waals surface area contributed by atoms with Crippen LogP contribution < -0.4 is 5.73 Å². The number of anilines is 1. The zero-order valence-corrected chi connectivity index (χ0v) is 11.5. The van der Waals surface area contributed by atoms with Crippen molar-refractivity contribution in [2.45, 2.75) is 30.8 Å². The molecule has 1 aliphatic heterocycles. The Balaban J connectivity index is 2.02. The number of hydrogen-bond acceptors (Lipinski definition) is 7. The van der Waals surface area contributed by atoms with Gasteiger partial charge in [-0.05, 0) is 0 Å². The van der Waals surface area contributed by atoms with E-state index in [0.717, 1.165) is 0 Å². The third kappa shape index (κ3) is 2.09. The summed E-state index contributed by atoms with van der Waals surface area (Å²) in [7, 11) is 0. The Bertz CT molecular complexity index is 758. The topological polar surface area (TPSA) is 119 Å². The van der Waals surface area contributed by atoms with Crippen molar-refractivity contribution in [1.29, 1.82) is 0 Å². The number of aromatic nitrogens is 4. The number of hydrogen-bond donors (Lipinski definition) is 3. The molecule has 0 bridgehead atoms. The fourth-order valence-electron chi connectivity index (χ4n) is 2.64. The van der Waals surface area contributed by atoms with E-state index >= 15 is 0 Å². The van der Waals surface area contributed by atoms with Gasteiger partial charge in [0.1, 0.15) is 6.23 Å². The van der Waals surface area contributed by atoms with Crippen LogP contribution in [0, 0.1) is 18.4 Å². The lowest BCUT2D eigenvalue weighted by Crippen LogP contribution is -2.38. The maximum atomic E-state index is 13.4. The molecule has 0 spiro atoms. The number of fused-ring (bicyclic) bond motifs is 1. The summed E-state index contributed by atoms with van der Waals surface area (Å²) in [6, 6.07) is 0. The average molecular weight is 307 g/mol. The number of halogens is 1. The lowest BCUT2D eigenvalue weighted by atomic mass is 9.94. The van der Waals surface area contributed by atoms with Crippen molar-refractivity contribution in [2.24, 2.45) is 0 Å². The molecule has 0 aromatic carbocycles. The van der Waals surface area contributed by atoms with Crippen molar-refractivity contribution >= 4 is 17.0 Å². The predicted octanol–water partition coefficient (Wildman–Crippen LogP) is -0.418. The van der Waals surface area contributed by atoms with Gasteiger partial charge in [0.25, 0.3) is 0 Å². The van der Waals surface area contributed by atoms with Gasteiger partial charge in [-0.15, -0.1) is 6.42 Å². The van der Waals surface area contributed by atoms with Gasteiger partial charge in [-0.3, -0.25) is 4.57 Å². The SMILES string of the molecule is C#C[C@]1(CCO)O[C@@H](n2cnc3c(N)nc(F)nc32)C[C@@H]1O. The van der Waals surface area contributed by atoms with Gasteiger partial charge in [-0.25, -0.2) is 4.98 Å². The molecular weight excluding hydrogens is 293 g/mol. The fourth-order valence-corrected chi connectivity index (χ4v) is 2.64. The summed E-state index contributed by atoms with van der Waals surface area (Å²) in [5, 5.41) is 19.3. The van der Waals surface area contributed by atoms with E-state index in [1.807, 2.05) is 0 Å². The van der Waals surface area contributed by atoms with Gasteiger partial charge in [0.05, 0.1) is 12.4 Å². The summed E-state index contributed by atoms with van der Waals surface area (Å²) in [5.74, 6) is 2.31. The summed E-state index contributed by atoms with van der Waals surface area (Å²) < 4.78 is 20.5. The summed E-state index contributed by atoms with van der Waals surface area (Å²) in [5.41, 5.74) is 4.69. The molecule has 3 heterocycles. The molecule has 0 radical (unpaired) electrons. The van der Waals surface area contributed by atoms with Crippen LogP contribution in [0.3, 0.4) is 0 Å². The Morgan fingerprint density at radius 1 is 1.59 bits per heavy atom. The van der Waals surface area contributed by atoms with E-state index in [4.69, 9.17) is 22.0 Å². The number of aliphatic hydroxyl groups excluding tert-OH is 2. The van der Waals surface area contributed by atoms with Crippen LogP contribution in [0.5, 0.6) is 0 Å². The number of nitrogens with zero attached hydrogens (tertiary/aromatic N) is 4. The maximum absolute atomic E-state index is 13.4. The van der Waals surface area contributed by atoms with Crippen molar-refractivity contribution in [3.63, 3.8) is 0 Å². The lowest BCUT2D eigenvalue weighted by Gasteiger charge is -2.25. The van der Waals surface area contributed by atoms with Crippen LogP contribution in [0.4, 0.5) is 10.2 Å². The first-order valence-electron chi connectivity index (χ1n) is 6.61. The molecule has 0 amide bonds. The van der Waals surface area contributed by atoms with Gasteiger partial charge < -0.3 is 20.7 Å². The summed E-state index contributed by atoms with van der Waals surface area (Å²) in [6.07, 6.45) is 4.40. The minimum absolute atomic E-state index is 0.0826. The first-order valence-corrected chi connectivity index (χ1v) is 6.61. The van der Waals surface area contributed by atoms with Crippen LogP contribution in [0.25, 0.3) is 11.2 Å². The number of nitrogens with two attached hydrogens (primary N) is 1. The number of rotatable bonds is 3. The van der Waals surface area contributed by atoms with E-state index in [1.165, 1.54) is 10.9 Å². The molecule has 0 saturated carbocycles. The van der Waals surface area contributed by atoms with Crippen molar-refractivity contribution in [2.75, 3.05) is 12.3 Å². The highest BCUT2D eigenvalue weighted by atomic mass is 19.1. The largest absolute Gasteiger partial charge is 0.396 e. The number of imidazole rings is 1. The van der Waals surface area contributed by atoms with Gasteiger partial charge in [0.15, 0.2) is 22.6 Å². The first-order chi connectivity index (χ1) is 10.5. The standard InChI is InChI=1S/C13H14FN5O3/c1-2-13(3-4-20)7(21)5-8(22-13)19-6-16-9-10(15)17-12(14)18-11(9)19/h1,6-8,20-21H,3-5H2,(H2,15,17,18)/t7-,8+,13+/m0/s1. The van der Waals surface area contributed by atoms with Gasteiger partial charge in [0.2, 0.25) is 0 Å². The van der Waals surface area contributed by atoms with Gasteiger partial charge >= 0.3 is 6.08 Å². The second kappa shape index (κ2) is 5.17. The van der Waals surface area contributed by atoms with Crippen molar-refractivity contribution in [3.8, 4) is 12.3 Å².